The maximum Gasteiger partial charge on any atom is 0.170 e. The number of likely N-dealkylation sites (tertiary alicyclic amines) is 1. The highest BCUT2D eigenvalue weighted by atomic mass is 16.7. The molecule has 5 aliphatic carbocycles. The number of morpholine rings is 1. The van der Waals surface area contributed by atoms with Crippen molar-refractivity contribution in [1.29, 1.82) is 0 Å². The first-order valence-corrected chi connectivity index (χ1v) is 19.9. The van der Waals surface area contributed by atoms with Gasteiger partial charge in [0.2, 0.25) is 0 Å². The molecule has 5 saturated carbocycles. The summed E-state index contributed by atoms with van der Waals surface area (Å²) in [6.45, 7) is 23.6. The van der Waals surface area contributed by atoms with Crippen LogP contribution in [0.5, 0.6) is 0 Å². The number of hydrogen-bond acceptors (Lipinski definition) is 8. The molecular weight excluding hydrogens is 604 g/mol. The molecule has 5 unspecified atom stereocenters. The second-order valence-corrected chi connectivity index (χ2v) is 19.9. The van der Waals surface area contributed by atoms with Gasteiger partial charge in [0, 0.05) is 44.2 Å². The zero-order chi connectivity index (χ0) is 34.2. The second-order valence-electron chi connectivity index (χ2n) is 19.9. The van der Waals surface area contributed by atoms with Crippen molar-refractivity contribution < 1.29 is 29.2 Å². The van der Waals surface area contributed by atoms with Gasteiger partial charge >= 0.3 is 0 Å². The highest BCUT2D eigenvalue weighted by molar-refractivity contribution is 5.33. The van der Waals surface area contributed by atoms with Crippen LogP contribution in [0.4, 0.5) is 0 Å². The third-order valence-electron chi connectivity index (χ3n) is 17.1. The van der Waals surface area contributed by atoms with Crippen molar-refractivity contribution in [3.63, 3.8) is 0 Å². The van der Waals surface area contributed by atoms with E-state index in [-0.39, 0.29) is 40.8 Å². The van der Waals surface area contributed by atoms with Crippen LogP contribution in [0.2, 0.25) is 0 Å². The summed E-state index contributed by atoms with van der Waals surface area (Å²) in [6, 6.07) is 0.647. The van der Waals surface area contributed by atoms with E-state index >= 15 is 0 Å². The van der Waals surface area contributed by atoms with Crippen molar-refractivity contribution in [3.8, 4) is 0 Å². The van der Waals surface area contributed by atoms with Crippen LogP contribution in [0.25, 0.3) is 0 Å². The normalized spacial score (nSPS) is 52.7. The van der Waals surface area contributed by atoms with E-state index in [1.165, 1.54) is 38.5 Å². The molecule has 3 saturated heterocycles. The lowest BCUT2D eigenvalue weighted by Crippen LogP contribution is -2.62. The van der Waals surface area contributed by atoms with Crippen LogP contribution in [-0.4, -0.2) is 115 Å². The molecule has 8 fully saturated rings. The predicted octanol–water partition coefficient (Wildman–Crippen LogP) is 5.33. The van der Waals surface area contributed by atoms with E-state index in [0.29, 0.717) is 47.2 Å². The third kappa shape index (κ3) is 4.61. The molecule has 2 spiro atoms. The van der Waals surface area contributed by atoms with Gasteiger partial charge in [0.15, 0.2) is 6.29 Å². The summed E-state index contributed by atoms with van der Waals surface area (Å²) in [6.07, 6.45) is 8.20. The maximum atomic E-state index is 12.6. The van der Waals surface area contributed by atoms with Crippen molar-refractivity contribution in [2.75, 3.05) is 46.4 Å². The number of hydrogen-bond donors (Lipinski definition) is 2. The van der Waals surface area contributed by atoms with E-state index in [2.05, 4.69) is 51.5 Å². The summed E-state index contributed by atoms with van der Waals surface area (Å²) in [4.78, 5) is 5.00. The standard InChI is InChI=1S/C40H68N2O6/c1-10-45-34(36(5,6)44)26-19-24(2)31-32(47-26)33(43)38(8)28-12-11-27-35(3,4)29(13-14-39(27)23-40(28,39)16-15-37(31,38)7)48-30-22-42(17-18-46-30)25-20-41(9)21-25/h24-34,43-44H,10-23H2,1-9H3/t24-,26?,27+,28?,29+,30+,31+,32?,33+,34+,37-,38-,39?,40?/m1/s1. The number of ether oxygens (including phenoxy) is 4. The van der Waals surface area contributed by atoms with E-state index in [1.54, 1.807) is 0 Å². The van der Waals surface area contributed by atoms with Crippen molar-refractivity contribution in [2.24, 2.45) is 50.7 Å². The Balaban J connectivity index is 1.01. The summed E-state index contributed by atoms with van der Waals surface area (Å²) in [5.41, 5.74) is -0.400. The van der Waals surface area contributed by atoms with Crippen LogP contribution in [0, 0.1) is 50.7 Å². The molecular formula is C40H68N2O6. The zero-order valence-corrected chi connectivity index (χ0v) is 31.7. The average molecular weight is 673 g/mol. The Morgan fingerprint density at radius 1 is 0.979 bits per heavy atom. The Bertz CT molecular complexity index is 1230. The van der Waals surface area contributed by atoms with Gasteiger partial charge in [-0.3, -0.25) is 4.90 Å². The number of likely N-dealkylation sites (N-methyl/N-ethyl adjacent to an activating group) is 1. The SMILES string of the molecule is CCO[C@@H](C1C[C@@H](C)[C@H]2C(O1)[C@H](O)[C@@]1(C)C3CC[C@H]4C(C)(C)[C@@H](O[C@H]5CN(C6CN(C)C6)CCO5)CCC45CC35CC[C@]21C)C(C)(C)O. The van der Waals surface area contributed by atoms with Crippen LogP contribution >= 0.6 is 0 Å². The number of aliphatic hydroxyl groups excluding tert-OH is 1. The van der Waals surface area contributed by atoms with Gasteiger partial charge in [-0.1, -0.05) is 34.6 Å². The number of rotatable bonds is 7. The molecule has 8 heteroatoms. The van der Waals surface area contributed by atoms with E-state index in [9.17, 15) is 10.2 Å². The number of fused-ring (bicyclic) bond motifs is 4. The molecule has 8 nitrogen and oxygen atoms in total. The van der Waals surface area contributed by atoms with Crippen molar-refractivity contribution in [3.05, 3.63) is 0 Å². The lowest BCUT2D eigenvalue weighted by atomic mass is 9.41. The molecule has 3 heterocycles. The Labute approximate surface area is 290 Å². The minimum atomic E-state index is -1.01. The highest BCUT2D eigenvalue weighted by Gasteiger charge is 2.84. The van der Waals surface area contributed by atoms with E-state index in [4.69, 9.17) is 18.9 Å². The lowest BCUT2D eigenvalue weighted by Gasteiger charge is -2.64. The van der Waals surface area contributed by atoms with Gasteiger partial charge < -0.3 is 34.1 Å². The Morgan fingerprint density at radius 2 is 1.69 bits per heavy atom. The van der Waals surface area contributed by atoms with Crippen molar-refractivity contribution >= 4 is 0 Å². The molecule has 0 aromatic rings. The van der Waals surface area contributed by atoms with Crippen LogP contribution < -0.4 is 0 Å². The van der Waals surface area contributed by atoms with Gasteiger partial charge in [0.25, 0.3) is 0 Å². The molecule has 14 atom stereocenters. The van der Waals surface area contributed by atoms with Crippen LogP contribution in [-0.2, 0) is 18.9 Å². The van der Waals surface area contributed by atoms with Crippen LogP contribution in [0.1, 0.15) is 107 Å². The summed E-state index contributed by atoms with van der Waals surface area (Å²) in [5.74, 6) is 1.87. The van der Waals surface area contributed by atoms with Crippen molar-refractivity contribution in [1.82, 2.24) is 9.80 Å². The quantitative estimate of drug-likeness (QED) is 0.376. The highest BCUT2D eigenvalue weighted by Crippen LogP contribution is 2.89. The second kappa shape index (κ2) is 11.3. The molecule has 3 aliphatic heterocycles. The fraction of sp³-hybridized carbons (Fsp3) is 1.00. The molecule has 2 N–H and O–H groups in total. The molecule has 0 bridgehead atoms. The maximum absolute atomic E-state index is 12.6. The molecule has 8 rings (SSSR count). The van der Waals surface area contributed by atoms with Crippen molar-refractivity contribution in [2.45, 2.75) is 155 Å². The van der Waals surface area contributed by atoms with Gasteiger partial charge in [-0.05, 0) is 125 Å². The van der Waals surface area contributed by atoms with Crippen LogP contribution in [0.3, 0.4) is 0 Å². The Hall–Kier alpha value is -0.320. The first kappa shape index (κ1) is 34.7. The first-order valence-electron chi connectivity index (χ1n) is 19.9. The van der Waals surface area contributed by atoms with Crippen LogP contribution in [0.15, 0.2) is 0 Å². The zero-order valence-electron chi connectivity index (χ0n) is 31.7. The molecule has 0 radical (unpaired) electrons. The van der Waals surface area contributed by atoms with Gasteiger partial charge in [0.1, 0.15) is 6.10 Å². The third-order valence-corrected chi connectivity index (χ3v) is 17.1. The summed E-state index contributed by atoms with van der Waals surface area (Å²) in [7, 11) is 2.21. The molecule has 48 heavy (non-hydrogen) atoms. The smallest absolute Gasteiger partial charge is 0.170 e. The average Bonchev–Trinajstić information content (AvgIpc) is 3.64. The lowest BCUT2D eigenvalue weighted by molar-refractivity contribution is -0.253. The van der Waals surface area contributed by atoms with E-state index < -0.39 is 17.8 Å². The molecule has 0 amide bonds. The molecule has 0 aromatic carbocycles. The fourth-order valence-corrected chi connectivity index (χ4v) is 14.8. The number of nitrogens with zero attached hydrogens (tertiary/aromatic N) is 2. The largest absolute Gasteiger partial charge is 0.390 e. The topological polar surface area (TPSA) is 83.9 Å². The monoisotopic (exact) mass is 673 g/mol. The summed E-state index contributed by atoms with van der Waals surface area (Å²) in [5, 5.41) is 23.7. The minimum absolute atomic E-state index is 0.0269. The summed E-state index contributed by atoms with van der Waals surface area (Å²) < 4.78 is 26.4. The van der Waals surface area contributed by atoms with Gasteiger partial charge in [-0.25, -0.2) is 0 Å². The number of aliphatic hydroxyl groups is 2. The van der Waals surface area contributed by atoms with E-state index in [1.807, 2.05) is 20.8 Å². The van der Waals surface area contributed by atoms with Gasteiger partial charge in [-0.15, -0.1) is 0 Å². The molecule has 0 aromatic heterocycles. The Morgan fingerprint density at radius 3 is 2.38 bits per heavy atom. The Kier molecular flexibility index (Phi) is 8.21. The van der Waals surface area contributed by atoms with E-state index in [0.717, 1.165) is 45.6 Å². The predicted molar refractivity (Wildman–Crippen MR) is 185 cm³/mol. The fourth-order valence-electron chi connectivity index (χ4n) is 14.8. The van der Waals surface area contributed by atoms with Gasteiger partial charge in [-0.2, -0.15) is 0 Å². The van der Waals surface area contributed by atoms with Gasteiger partial charge in [0.05, 0.1) is 36.6 Å². The first-order chi connectivity index (χ1) is 22.5. The molecule has 274 valence electrons. The summed E-state index contributed by atoms with van der Waals surface area (Å²) >= 11 is 0. The minimum Gasteiger partial charge on any atom is -0.390 e. The molecule has 8 aliphatic rings.